The summed E-state index contributed by atoms with van der Waals surface area (Å²) in [6.45, 7) is 10.6. The summed E-state index contributed by atoms with van der Waals surface area (Å²) < 4.78 is 6.26. The Hall–Kier alpha value is -1.61. The first-order valence-corrected chi connectivity index (χ1v) is 11.3. The molecule has 0 amide bonds. The molecule has 1 aromatic carbocycles. The van der Waals surface area contributed by atoms with Gasteiger partial charge < -0.3 is 4.74 Å². The Morgan fingerprint density at radius 3 is 2.43 bits per heavy atom. The summed E-state index contributed by atoms with van der Waals surface area (Å²) in [4.78, 5) is 7.36. The van der Waals surface area contributed by atoms with E-state index in [4.69, 9.17) is 9.72 Å². The third-order valence-electron chi connectivity index (χ3n) is 6.77. The third kappa shape index (κ3) is 4.86. The van der Waals surface area contributed by atoms with Crippen LogP contribution in [0.3, 0.4) is 0 Å². The van der Waals surface area contributed by atoms with Gasteiger partial charge in [0.05, 0.1) is 5.52 Å². The average Bonchev–Trinajstić information content (AvgIpc) is 2.69. The van der Waals surface area contributed by atoms with Crippen LogP contribution in [0.2, 0.25) is 0 Å². The molecule has 2 fully saturated rings. The van der Waals surface area contributed by atoms with Gasteiger partial charge in [-0.15, -0.1) is 0 Å². The summed E-state index contributed by atoms with van der Waals surface area (Å²) >= 11 is 0. The molecule has 0 radical (unpaired) electrons. The van der Waals surface area contributed by atoms with Crippen LogP contribution in [0.5, 0.6) is 5.88 Å². The van der Waals surface area contributed by atoms with Crippen LogP contribution in [-0.4, -0.2) is 29.1 Å². The van der Waals surface area contributed by atoms with E-state index in [9.17, 15) is 0 Å². The lowest BCUT2D eigenvalue weighted by molar-refractivity contribution is 0.0854. The second-order valence-electron chi connectivity index (χ2n) is 9.97. The normalized spacial score (nSPS) is 24.4. The van der Waals surface area contributed by atoms with Crippen molar-refractivity contribution in [3.63, 3.8) is 0 Å². The van der Waals surface area contributed by atoms with Crippen LogP contribution < -0.4 is 4.74 Å². The van der Waals surface area contributed by atoms with Crippen molar-refractivity contribution in [1.82, 2.24) is 9.88 Å². The van der Waals surface area contributed by atoms with Crippen LogP contribution in [0.1, 0.15) is 71.3 Å². The molecule has 152 valence electrons. The van der Waals surface area contributed by atoms with Gasteiger partial charge in [-0.2, -0.15) is 0 Å². The highest BCUT2D eigenvalue weighted by Gasteiger charge is 2.30. The van der Waals surface area contributed by atoms with Crippen molar-refractivity contribution in [2.24, 2.45) is 11.3 Å². The lowest BCUT2D eigenvalue weighted by Crippen LogP contribution is -2.30. The first-order chi connectivity index (χ1) is 13.5. The number of ether oxygens (including phenoxy) is 1. The van der Waals surface area contributed by atoms with E-state index < -0.39 is 0 Å². The number of hydrogen-bond donors (Lipinski definition) is 0. The number of aromatic nitrogens is 1. The molecular formula is C25H36N2O. The molecule has 3 heteroatoms. The fourth-order valence-corrected chi connectivity index (χ4v) is 4.91. The van der Waals surface area contributed by atoms with E-state index in [2.05, 4.69) is 56.0 Å². The minimum Gasteiger partial charge on any atom is -0.474 e. The Morgan fingerprint density at radius 1 is 0.964 bits per heavy atom. The van der Waals surface area contributed by atoms with E-state index in [0.717, 1.165) is 36.7 Å². The van der Waals surface area contributed by atoms with Gasteiger partial charge in [0.15, 0.2) is 0 Å². The second kappa shape index (κ2) is 8.41. The summed E-state index contributed by atoms with van der Waals surface area (Å²) in [5.41, 5.74) is 2.85. The summed E-state index contributed by atoms with van der Waals surface area (Å²) in [6, 6.07) is 10.9. The highest BCUT2D eigenvalue weighted by atomic mass is 16.5. The molecule has 0 unspecified atom stereocenters. The van der Waals surface area contributed by atoms with Crippen LogP contribution >= 0.6 is 0 Å². The highest BCUT2D eigenvalue weighted by Crippen LogP contribution is 2.38. The summed E-state index contributed by atoms with van der Waals surface area (Å²) in [6.07, 6.45) is 9.22. The highest BCUT2D eigenvalue weighted by molar-refractivity contribution is 5.79. The standard InChI is InChI=1S/C25H36N2O/c1-25(2,3)21-9-11-22(12-10-21)28-24-14-8-20-17-19(7-13-23(20)26-24)18-27-15-5-4-6-16-27/h7-8,13-14,17,21-22H,4-6,9-12,15-16,18H2,1-3H3. The SMILES string of the molecule is CC(C)(C)C1CCC(Oc2ccc3cc(CN4CCCCC4)ccc3n2)CC1. The van der Waals surface area contributed by atoms with Crippen molar-refractivity contribution in [1.29, 1.82) is 0 Å². The molecule has 0 N–H and O–H groups in total. The Labute approximate surface area is 170 Å². The largest absolute Gasteiger partial charge is 0.474 e. The van der Waals surface area contributed by atoms with Gasteiger partial charge in [-0.05, 0) is 86.7 Å². The molecule has 4 rings (SSSR count). The molecule has 1 saturated heterocycles. The molecule has 1 aromatic heterocycles. The Morgan fingerprint density at radius 2 is 1.71 bits per heavy atom. The van der Waals surface area contributed by atoms with Crippen molar-refractivity contribution < 1.29 is 4.74 Å². The second-order valence-corrected chi connectivity index (χ2v) is 9.97. The maximum atomic E-state index is 6.26. The predicted octanol–water partition coefficient (Wildman–Crippen LogP) is 6.20. The number of pyridine rings is 1. The average molecular weight is 381 g/mol. The van der Waals surface area contributed by atoms with Crippen LogP contribution in [0.15, 0.2) is 30.3 Å². The Balaban J connectivity index is 1.37. The lowest BCUT2D eigenvalue weighted by Gasteiger charge is -2.36. The molecule has 0 atom stereocenters. The van der Waals surface area contributed by atoms with E-state index in [1.807, 2.05) is 0 Å². The molecule has 2 heterocycles. The Kier molecular flexibility index (Phi) is 5.91. The van der Waals surface area contributed by atoms with E-state index in [0.29, 0.717) is 11.5 Å². The lowest BCUT2D eigenvalue weighted by atomic mass is 9.72. The monoisotopic (exact) mass is 380 g/mol. The zero-order valence-corrected chi connectivity index (χ0v) is 17.9. The fourth-order valence-electron chi connectivity index (χ4n) is 4.91. The van der Waals surface area contributed by atoms with Crippen molar-refractivity contribution >= 4 is 10.9 Å². The first kappa shape index (κ1) is 19.7. The van der Waals surface area contributed by atoms with E-state index >= 15 is 0 Å². The number of nitrogens with zero attached hydrogens (tertiary/aromatic N) is 2. The maximum Gasteiger partial charge on any atom is 0.214 e. The zero-order valence-electron chi connectivity index (χ0n) is 17.9. The van der Waals surface area contributed by atoms with Gasteiger partial charge >= 0.3 is 0 Å². The van der Waals surface area contributed by atoms with Gasteiger partial charge in [0.25, 0.3) is 0 Å². The zero-order chi connectivity index (χ0) is 19.6. The van der Waals surface area contributed by atoms with Crippen LogP contribution in [0, 0.1) is 11.3 Å². The number of fused-ring (bicyclic) bond motifs is 1. The van der Waals surface area contributed by atoms with E-state index in [-0.39, 0.29) is 0 Å². The van der Waals surface area contributed by atoms with Gasteiger partial charge in [-0.3, -0.25) is 4.90 Å². The Bertz CT molecular complexity index is 781. The summed E-state index contributed by atoms with van der Waals surface area (Å²) in [5, 5.41) is 1.22. The molecular weight excluding hydrogens is 344 g/mol. The quantitative estimate of drug-likeness (QED) is 0.631. The smallest absolute Gasteiger partial charge is 0.214 e. The number of likely N-dealkylation sites (tertiary alicyclic amines) is 1. The number of hydrogen-bond acceptors (Lipinski definition) is 3. The van der Waals surface area contributed by atoms with Crippen molar-refractivity contribution in [2.45, 2.75) is 78.4 Å². The number of piperidine rings is 1. The van der Waals surface area contributed by atoms with Crippen LogP contribution in [0.4, 0.5) is 0 Å². The molecule has 0 spiro atoms. The van der Waals surface area contributed by atoms with Gasteiger partial charge in [0.2, 0.25) is 5.88 Å². The minimum absolute atomic E-state index is 0.321. The fraction of sp³-hybridized carbons (Fsp3) is 0.640. The first-order valence-electron chi connectivity index (χ1n) is 11.3. The van der Waals surface area contributed by atoms with Crippen LogP contribution in [-0.2, 0) is 6.54 Å². The summed E-state index contributed by atoms with van der Waals surface area (Å²) in [5.74, 6) is 1.60. The topological polar surface area (TPSA) is 25.4 Å². The van der Waals surface area contributed by atoms with E-state index in [1.165, 1.54) is 56.1 Å². The van der Waals surface area contributed by atoms with E-state index in [1.54, 1.807) is 0 Å². The molecule has 2 aliphatic rings. The third-order valence-corrected chi connectivity index (χ3v) is 6.77. The van der Waals surface area contributed by atoms with Gasteiger partial charge in [-0.1, -0.05) is 33.3 Å². The molecule has 28 heavy (non-hydrogen) atoms. The van der Waals surface area contributed by atoms with Gasteiger partial charge in [0, 0.05) is 18.0 Å². The minimum atomic E-state index is 0.321. The van der Waals surface area contributed by atoms with Crippen molar-refractivity contribution in [2.75, 3.05) is 13.1 Å². The molecule has 1 saturated carbocycles. The number of benzene rings is 1. The van der Waals surface area contributed by atoms with Gasteiger partial charge in [-0.25, -0.2) is 4.98 Å². The molecule has 1 aliphatic heterocycles. The molecule has 3 nitrogen and oxygen atoms in total. The number of rotatable bonds is 4. The maximum absolute atomic E-state index is 6.26. The molecule has 2 aromatic rings. The van der Waals surface area contributed by atoms with Gasteiger partial charge in [0.1, 0.15) is 6.10 Å². The van der Waals surface area contributed by atoms with Crippen molar-refractivity contribution in [3.05, 3.63) is 35.9 Å². The molecule has 1 aliphatic carbocycles. The van der Waals surface area contributed by atoms with Crippen molar-refractivity contribution in [3.8, 4) is 5.88 Å². The van der Waals surface area contributed by atoms with Crippen LogP contribution in [0.25, 0.3) is 10.9 Å². The summed E-state index contributed by atoms with van der Waals surface area (Å²) in [7, 11) is 0. The predicted molar refractivity (Wildman–Crippen MR) is 117 cm³/mol. The molecule has 0 bridgehead atoms.